The Kier molecular flexibility index (Phi) is 10.8. The smallest absolute Gasteiger partial charge is 0.387 e. The molecule has 126 valence electrons. The first-order valence-corrected chi connectivity index (χ1v) is 6.51. The molecule has 0 aliphatic heterocycles. The van der Waals surface area contributed by atoms with Gasteiger partial charge in [0.15, 0.2) is 5.96 Å². The quantitative estimate of drug-likeness (QED) is 0.313. The molecule has 5 nitrogen and oxygen atoms in total. The van der Waals surface area contributed by atoms with E-state index in [2.05, 4.69) is 15.0 Å². The lowest BCUT2D eigenvalue weighted by atomic mass is 10.2. The van der Waals surface area contributed by atoms with Gasteiger partial charge in [0.1, 0.15) is 5.75 Å². The molecule has 1 aromatic carbocycles. The van der Waals surface area contributed by atoms with Gasteiger partial charge < -0.3 is 19.7 Å². The minimum atomic E-state index is -2.80. The highest BCUT2D eigenvalue weighted by molar-refractivity contribution is 14.0. The molecule has 0 unspecified atom stereocenters. The van der Waals surface area contributed by atoms with Gasteiger partial charge in [-0.1, -0.05) is 12.1 Å². The van der Waals surface area contributed by atoms with Gasteiger partial charge in [-0.15, -0.1) is 24.0 Å². The standard InChI is InChI=1S/C14H21F2N3O2.HI/c1-17-14(18-8-9-20-3)19(2)10-11-4-6-12(7-5-11)21-13(15)16;/h4-7,13H,8-10H2,1-3H3,(H,17,18);1H. The second kappa shape index (κ2) is 11.4. The number of nitrogens with zero attached hydrogens (tertiary/aromatic N) is 2. The second-order valence-electron chi connectivity index (χ2n) is 4.35. The molecule has 1 aromatic rings. The molecule has 0 spiro atoms. The molecule has 1 rings (SSSR count). The lowest BCUT2D eigenvalue weighted by molar-refractivity contribution is -0.0498. The van der Waals surface area contributed by atoms with E-state index in [1.54, 1.807) is 26.3 Å². The highest BCUT2D eigenvalue weighted by Gasteiger charge is 2.07. The monoisotopic (exact) mass is 429 g/mol. The van der Waals surface area contributed by atoms with E-state index < -0.39 is 6.61 Å². The fourth-order valence-corrected chi connectivity index (χ4v) is 1.77. The second-order valence-corrected chi connectivity index (χ2v) is 4.35. The molecule has 0 aliphatic rings. The van der Waals surface area contributed by atoms with E-state index in [9.17, 15) is 8.78 Å². The molecule has 0 atom stereocenters. The number of methoxy groups -OCH3 is 1. The van der Waals surface area contributed by atoms with Crippen molar-refractivity contribution in [2.24, 2.45) is 4.99 Å². The van der Waals surface area contributed by atoms with Crippen LogP contribution in [0.2, 0.25) is 0 Å². The number of hydrogen-bond donors (Lipinski definition) is 1. The molecule has 22 heavy (non-hydrogen) atoms. The molecule has 8 heteroatoms. The Hall–Kier alpha value is -1.16. The molecule has 0 saturated heterocycles. The maximum atomic E-state index is 12.1. The largest absolute Gasteiger partial charge is 0.435 e. The Labute approximate surface area is 146 Å². The first-order valence-electron chi connectivity index (χ1n) is 6.51. The summed E-state index contributed by atoms with van der Waals surface area (Å²) in [5, 5.41) is 3.15. The Balaban J connectivity index is 0.00000441. The van der Waals surface area contributed by atoms with E-state index in [1.807, 2.05) is 11.9 Å². The normalized spacial score (nSPS) is 11.1. The van der Waals surface area contributed by atoms with Crippen LogP contribution in [-0.2, 0) is 11.3 Å². The number of alkyl halides is 2. The predicted molar refractivity (Wildman–Crippen MR) is 93.2 cm³/mol. The van der Waals surface area contributed by atoms with Crippen LogP contribution in [0.4, 0.5) is 8.78 Å². The Morgan fingerprint density at radius 3 is 2.45 bits per heavy atom. The van der Waals surface area contributed by atoms with E-state index in [1.165, 1.54) is 12.1 Å². The minimum absolute atomic E-state index is 0. The number of benzene rings is 1. The van der Waals surface area contributed by atoms with Crippen LogP contribution in [0.5, 0.6) is 5.75 Å². The third-order valence-corrected chi connectivity index (χ3v) is 2.73. The maximum absolute atomic E-state index is 12.1. The summed E-state index contributed by atoms with van der Waals surface area (Å²) in [6.45, 7) is -0.953. The summed E-state index contributed by atoms with van der Waals surface area (Å²) in [4.78, 5) is 6.09. The molecular formula is C14H22F2IN3O2. The van der Waals surface area contributed by atoms with E-state index in [0.29, 0.717) is 19.7 Å². The third kappa shape index (κ3) is 7.74. The number of hydrogen-bond acceptors (Lipinski definition) is 3. The van der Waals surface area contributed by atoms with Gasteiger partial charge in [-0.3, -0.25) is 4.99 Å². The molecule has 0 fully saturated rings. The van der Waals surface area contributed by atoms with Gasteiger partial charge in [0.05, 0.1) is 6.61 Å². The molecule has 0 heterocycles. The van der Waals surface area contributed by atoms with Gasteiger partial charge >= 0.3 is 6.61 Å². The summed E-state index contributed by atoms with van der Waals surface area (Å²) in [5.74, 6) is 0.888. The Morgan fingerprint density at radius 1 is 1.32 bits per heavy atom. The number of aliphatic imine (C=N–C) groups is 1. The molecule has 0 amide bonds. The Bertz CT molecular complexity index is 444. The van der Waals surface area contributed by atoms with E-state index >= 15 is 0 Å². The first kappa shape index (κ1) is 20.8. The molecular weight excluding hydrogens is 407 g/mol. The van der Waals surface area contributed by atoms with Crippen LogP contribution in [0.3, 0.4) is 0 Å². The van der Waals surface area contributed by atoms with Crippen molar-refractivity contribution in [1.82, 2.24) is 10.2 Å². The van der Waals surface area contributed by atoms with Crippen LogP contribution < -0.4 is 10.1 Å². The van der Waals surface area contributed by atoms with Crippen molar-refractivity contribution in [3.63, 3.8) is 0 Å². The lowest BCUT2D eigenvalue weighted by Gasteiger charge is -2.22. The average molecular weight is 429 g/mol. The number of guanidine groups is 1. The molecule has 1 N–H and O–H groups in total. The van der Waals surface area contributed by atoms with Gasteiger partial charge in [0.2, 0.25) is 0 Å². The zero-order valence-corrected chi connectivity index (χ0v) is 15.2. The van der Waals surface area contributed by atoms with E-state index in [-0.39, 0.29) is 29.7 Å². The highest BCUT2D eigenvalue weighted by atomic mass is 127. The fraction of sp³-hybridized carbons (Fsp3) is 0.500. The van der Waals surface area contributed by atoms with Crippen LogP contribution in [0.15, 0.2) is 29.3 Å². The van der Waals surface area contributed by atoms with Gasteiger partial charge in [-0.2, -0.15) is 8.78 Å². The summed E-state index contributed by atoms with van der Waals surface area (Å²) >= 11 is 0. The molecule has 0 aromatic heterocycles. The van der Waals surface area contributed by atoms with E-state index in [4.69, 9.17) is 4.74 Å². The van der Waals surface area contributed by atoms with Gasteiger partial charge in [-0.25, -0.2) is 0 Å². The molecule has 0 bridgehead atoms. The van der Waals surface area contributed by atoms with Gasteiger partial charge in [-0.05, 0) is 17.7 Å². The molecule has 0 aliphatic carbocycles. The van der Waals surface area contributed by atoms with Crippen molar-refractivity contribution in [2.45, 2.75) is 13.2 Å². The summed E-state index contributed by atoms with van der Waals surface area (Å²) in [6.07, 6.45) is 0. The van der Waals surface area contributed by atoms with Crippen LogP contribution in [-0.4, -0.2) is 51.8 Å². The predicted octanol–water partition coefficient (Wildman–Crippen LogP) is 2.56. The van der Waals surface area contributed by atoms with Crippen LogP contribution in [0.25, 0.3) is 0 Å². The van der Waals surface area contributed by atoms with Crippen molar-refractivity contribution in [1.29, 1.82) is 0 Å². The number of nitrogens with one attached hydrogen (secondary N) is 1. The topological polar surface area (TPSA) is 46.1 Å². The zero-order valence-electron chi connectivity index (χ0n) is 12.9. The van der Waals surface area contributed by atoms with Gasteiger partial charge in [0.25, 0.3) is 0 Å². The van der Waals surface area contributed by atoms with Crippen LogP contribution in [0.1, 0.15) is 5.56 Å². The average Bonchev–Trinajstić information content (AvgIpc) is 2.45. The SMILES string of the molecule is CN=C(NCCOC)N(C)Cc1ccc(OC(F)F)cc1.I. The summed E-state index contributed by atoms with van der Waals surface area (Å²) < 4.78 is 33.4. The van der Waals surface area contributed by atoms with Crippen molar-refractivity contribution in [3.05, 3.63) is 29.8 Å². The number of ether oxygens (including phenoxy) is 2. The van der Waals surface area contributed by atoms with Crippen LogP contribution in [0, 0.1) is 0 Å². The fourth-order valence-electron chi connectivity index (χ4n) is 1.77. The van der Waals surface area contributed by atoms with Crippen molar-refractivity contribution >= 4 is 29.9 Å². The van der Waals surface area contributed by atoms with Crippen molar-refractivity contribution in [2.75, 3.05) is 34.4 Å². The third-order valence-electron chi connectivity index (χ3n) is 2.73. The molecule has 0 saturated carbocycles. The first-order chi connectivity index (χ1) is 10.1. The maximum Gasteiger partial charge on any atom is 0.387 e. The minimum Gasteiger partial charge on any atom is -0.435 e. The molecule has 0 radical (unpaired) electrons. The highest BCUT2D eigenvalue weighted by Crippen LogP contribution is 2.15. The summed E-state index contributed by atoms with van der Waals surface area (Å²) in [6, 6.07) is 6.54. The summed E-state index contributed by atoms with van der Waals surface area (Å²) in [5.41, 5.74) is 0.966. The van der Waals surface area contributed by atoms with Crippen LogP contribution >= 0.6 is 24.0 Å². The zero-order chi connectivity index (χ0) is 15.7. The van der Waals surface area contributed by atoms with Crippen molar-refractivity contribution in [3.8, 4) is 5.75 Å². The van der Waals surface area contributed by atoms with E-state index in [0.717, 1.165) is 11.5 Å². The number of rotatable bonds is 7. The van der Waals surface area contributed by atoms with Gasteiger partial charge in [0, 0.05) is 34.3 Å². The van der Waals surface area contributed by atoms with Crippen molar-refractivity contribution < 1.29 is 18.3 Å². The lowest BCUT2D eigenvalue weighted by Crippen LogP contribution is -2.39. The number of halogens is 3. The Morgan fingerprint density at radius 2 is 1.95 bits per heavy atom. The summed E-state index contributed by atoms with van der Waals surface area (Å²) in [7, 11) is 5.23.